The lowest BCUT2D eigenvalue weighted by atomic mass is 10.1. The molecule has 4 N–H and O–H groups in total. The molecule has 22 heavy (non-hydrogen) atoms. The molecule has 6 nitrogen and oxygen atoms in total. The fourth-order valence-electron chi connectivity index (χ4n) is 2.15. The Kier molecular flexibility index (Phi) is 3.30. The number of carboxylic acids is 1. The molecule has 0 bridgehead atoms. The Bertz CT molecular complexity index is 846. The molecule has 0 saturated heterocycles. The van der Waals surface area contributed by atoms with E-state index in [1.165, 1.54) is 6.07 Å². The maximum atomic E-state index is 13.9. The summed E-state index contributed by atoms with van der Waals surface area (Å²) < 4.78 is 13.9. The summed E-state index contributed by atoms with van der Waals surface area (Å²) in [6.45, 7) is 0. The normalized spacial score (nSPS) is 10.6. The standard InChI is InChI=1S/C15H11FN4O2/c16-10-7-18-15(17)20-13(10)11-6-9(14(21)22)12(19-11)8-4-2-1-3-5-8/h1-7,19H,(H,21,22)(H2,17,18,20). The maximum Gasteiger partial charge on any atom is 0.337 e. The van der Waals surface area contributed by atoms with Crippen LogP contribution in [-0.4, -0.2) is 26.0 Å². The van der Waals surface area contributed by atoms with Gasteiger partial charge in [0, 0.05) is 0 Å². The zero-order valence-electron chi connectivity index (χ0n) is 11.2. The number of rotatable bonds is 3. The largest absolute Gasteiger partial charge is 0.478 e. The van der Waals surface area contributed by atoms with E-state index in [4.69, 9.17) is 5.73 Å². The number of carbonyl (C=O) groups is 1. The van der Waals surface area contributed by atoms with Gasteiger partial charge in [0.15, 0.2) is 5.82 Å². The van der Waals surface area contributed by atoms with Gasteiger partial charge in [0.25, 0.3) is 0 Å². The summed E-state index contributed by atoms with van der Waals surface area (Å²) in [6, 6.07) is 10.2. The van der Waals surface area contributed by atoms with Crippen LogP contribution < -0.4 is 5.73 Å². The van der Waals surface area contributed by atoms with Gasteiger partial charge in [-0.15, -0.1) is 0 Å². The molecule has 0 saturated carbocycles. The lowest BCUT2D eigenvalue weighted by molar-refractivity contribution is 0.0698. The molecule has 110 valence electrons. The number of nitrogen functional groups attached to an aromatic ring is 1. The Morgan fingerprint density at radius 1 is 1.27 bits per heavy atom. The first-order valence-corrected chi connectivity index (χ1v) is 6.36. The molecule has 0 spiro atoms. The minimum absolute atomic E-state index is 0.0257. The number of aromatic carboxylic acids is 1. The van der Waals surface area contributed by atoms with Gasteiger partial charge in [-0.1, -0.05) is 30.3 Å². The maximum absolute atomic E-state index is 13.9. The van der Waals surface area contributed by atoms with Crippen LogP contribution in [0.2, 0.25) is 0 Å². The molecule has 0 aliphatic heterocycles. The number of anilines is 1. The van der Waals surface area contributed by atoms with Crippen molar-refractivity contribution in [2.45, 2.75) is 0 Å². The number of nitrogens with zero attached hydrogens (tertiary/aromatic N) is 2. The van der Waals surface area contributed by atoms with E-state index < -0.39 is 11.8 Å². The molecule has 2 aromatic heterocycles. The molecule has 1 aromatic carbocycles. The van der Waals surface area contributed by atoms with Crippen molar-refractivity contribution in [3.63, 3.8) is 0 Å². The lowest BCUT2D eigenvalue weighted by Gasteiger charge is -2.01. The number of aromatic amines is 1. The Morgan fingerprint density at radius 3 is 2.68 bits per heavy atom. The number of benzene rings is 1. The van der Waals surface area contributed by atoms with Crippen molar-refractivity contribution >= 4 is 11.9 Å². The Balaban J connectivity index is 2.19. The lowest BCUT2D eigenvalue weighted by Crippen LogP contribution is -1.99. The van der Waals surface area contributed by atoms with Crippen LogP contribution in [0.3, 0.4) is 0 Å². The van der Waals surface area contributed by atoms with E-state index >= 15 is 0 Å². The molecule has 2 heterocycles. The number of hydrogen-bond acceptors (Lipinski definition) is 4. The van der Waals surface area contributed by atoms with E-state index in [1.807, 2.05) is 6.07 Å². The van der Waals surface area contributed by atoms with Crippen molar-refractivity contribution in [1.29, 1.82) is 0 Å². The molecule has 0 amide bonds. The van der Waals surface area contributed by atoms with Gasteiger partial charge in [-0.25, -0.2) is 19.2 Å². The number of H-pyrrole nitrogens is 1. The molecular weight excluding hydrogens is 287 g/mol. The van der Waals surface area contributed by atoms with Crippen LogP contribution in [0.5, 0.6) is 0 Å². The van der Waals surface area contributed by atoms with Crippen molar-refractivity contribution in [1.82, 2.24) is 15.0 Å². The Labute approximate surface area is 124 Å². The van der Waals surface area contributed by atoms with E-state index in [0.717, 1.165) is 6.20 Å². The highest BCUT2D eigenvalue weighted by atomic mass is 19.1. The van der Waals surface area contributed by atoms with Crippen molar-refractivity contribution in [3.05, 3.63) is 54.0 Å². The van der Waals surface area contributed by atoms with Crippen molar-refractivity contribution < 1.29 is 14.3 Å². The highest BCUT2D eigenvalue weighted by molar-refractivity contribution is 5.97. The number of carboxylic acid groups (broad SMARTS) is 1. The van der Waals surface area contributed by atoms with E-state index in [0.29, 0.717) is 11.3 Å². The average molecular weight is 298 g/mol. The minimum atomic E-state index is -1.12. The summed E-state index contributed by atoms with van der Waals surface area (Å²) >= 11 is 0. The van der Waals surface area contributed by atoms with Crippen molar-refractivity contribution in [2.75, 3.05) is 5.73 Å². The van der Waals surface area contributed by atoms with Gasteiger partial charge in [-0.2, -0.15) is 0 Å². The minimum Gasteiger partial charge on any atom is -0.478 e. The number of hydrogen-bond donors (Lipinski definition) is 3. The van der Waals surface area contributed by atoms with Gasteiger partial charge < -0.3 is 15.8 Å². The fourth-order valence-corrected chi connectivity index (χ4v) is 2.15. The molecule has 0 fully saturated rings. The zero-order chi connectivity index (χ0) is 15.7. The predicted molar refractivity (Wildman–Crippen MR) is 78.6 cm³/mol. The zero-order valence-corrected chi connectivity index (χ0v) is 11.2. The summed E-state index contributed by atoms with van der Waals surface area (Å²) in [5.74, 6) is -1.90. The van der Waals surface area contributed by atoms with Crippen LogP contribution in [0.15, 0.2) is 42.6 Å². The van der Waals surface area contributed by atoms with Gasteiger partial charge in [0.1, 0.15) is 5.69 Å². The summed E-state index contributed by atoms with van der Waals surface area (Å²) in [6.07, 6.45) is 0.946. The van der Waals surface area contributed by atoms with Gasteiger partial charge in [0.2, 0.25) is 5.95 Å². The second-order valence-corrected chi connectivity index (χ2v) is 4.57. The molecule has 0 radical (unpaired) electrons. The van der Waals surface area contributed by atoms with Crippen LogP contribution in [0.4, 0.5) is 10.3 Å². The number of nitrogens with one attached hydrogen (secondary N) is 1. The van der Waals surface area contributed by atoms with Crippen LogP contribution >= 0.6 is 0 Å². The smallest absolute Gasteiger partial charge is 0.337 e. The number of nitrogens with two attached hydrogens (primary N) is 1. The van der Waals surface area contributed by atoms with Gasteiger partial charge >= 0.3 is 5.97 Å². The second-order valence-electron chi connectivity index (χ2n) is 4.57. The molecule has 0 atom stereocenters. The van der Waals surface area contributed by atoms with Gasteiger partial charge in [-0.3, -0.25) is 0 Å². The fraction of sp³-hybridized carbons (Fsp3) is 0. The van der Waals surface area contributed by atoms with Crippen LogP contribution in [0.25, 0.3) is 22.6 Å². The molecule has 0 aliphatic rings. The van der Waals surface area contributed by atoms with E-state index in [1.54, 1.807) is 24.3 Å². The predicted octanol–water partition coefficient (Wildman–Crippen LogP) is 2.56. The first-order chi connectivity index (χ1) is 10.6. The van der Waals surface area contributed by atoms with Crippen LogP contribution in [0.1, 0.15) is 10.4 Å². The second kappa shape index (κ2) is 5.28. The molecular formula is C15H11FN4O2. The Morgan fingerprint density at radius 2 is 2.00 bits per heavy atom. The highest BCUT2D eigenvalue weighted by Gasteiger charge is 2.19. The number of halogens is 1. The average Bonchev–Trinajstić information content (AvgIpc) is 2.96. The summed E-state index contributed by atoms with van der Waals surface area (Å²) in [5.41, 5.74) is 6.69. The molecule has 0 aliphatic carbocycles. The highest BCUT2D eigenvalue weighted by Crippen LogP contribution is 2.29. The van der Waals surface area contributed by atoms with E-state index in [-0.39, 0.29) is 22.9 Å². The van der Waals surface area contributed by atoms with Crippen LogP contribution in [-0.2, 0) is 0 Å². The first kappa shape index (κ1) is 13.7. The third kappa shape index (κ3) is 2.39. The topological polar surface area (TPSA) is 105 Å². The third-order valence-corrected chi connectivity index (χ3v) is 3.13. The van der Waals surface area contributed by atoms with Gasteiger partial charge in [0.05, 0.1) is 23.1 Å². The van der Waals surface area contributed by atoms with Crippen molar-refractivity contribution in [3.8, 4) is 22.6 Å². The van der Waals surface area contributed by atoms with Crippen LogP contribution in [0, 0.1) is 5.82 Å². The third-order valence-electron chi connectivity index (χ3n) is 3.13. The van der Waals surface area contributed by atoms with E-state index in [2.05, 4.69) is 15.0 Å². The van der Waals surface area contributed by atoms with Crippen molar-refractivity contribution in [2.24, 2.45) is 0 Å². The summed E-state index contributed by atoms with van der Waals surface area (Å²) in [4.78, 5) is 21.7. The number of aromatic nitrogens is 3. The molecule has 0 unspecified atom stereocenters. The summed E-state index contributed by atoms with van der Waals surface area (Å²) in [5, 5.41) is 9.34. The quantitative estimate of drug-likeness (QED) is 0.689. The van der Waals surface area contributed by atoms with E-state index in [9.17, 15) is 14.3 Å². The molecule has 7 heteroatoms. The summed E-state index contributed by atoms with van der Waals surface area (Å²) in [7, 11) is 0. The molecule has 3 aromatic rings. The first-order valence-electron chi connectivity index (χ1n) is 6.36. The SMILES string of the molecule is Nc1ncc(F)c(-c2cc(C(=O)O)c(-c3ccccc3)[nH]2)n1. The molecule has 3 rings (SSSR count). The van der Waals surface area contributed by atoms with Gasteiger partial charge in [-0.05, 0) is 11.6 Å². The Hall–Kier alpha value is -3.22. The monoisotopic (exact) mass is 298 g/mol.